The molecule has 1 aromatic rings. The van der Waals surface area contributed by atoms with Crippen LogP contribution in [0.1, 0.15) is 13.8 Å². The normalized spacial score (nSPS) is 11.4. The molecule has 0 saturated heterocycles. The summed E-state index contributed by atoms with van der Waals surface area (Å²) in [5.41, 5.74) is 0. The van der Waals surface area contributed by atoms with E-state index in [9.17, 15) is 4.79 Å². The first-order valence-corrected chi connectivity index (χ1v) is 5.63. The minimum atomic E-state index is -0.602. The maximum atomic E-state index is 11.1. The molecule has 0 heterocycles. The molecule has 0 unspecified atom stereocenters. The molecule has 4 heteroatoms. The number of hydrogen-bond acceptors (Lipinski definition) is 2. The second kappa shape index (κ2) is 4.56. The van der Waals surface area contributed by atoms with Crippen LogP contribution < -0.4 is 0 Å². The molecule has 0 spiro atoms. The molecular formula is C10H10Cl2OS. The first-order chi connectivity index (χ1) is 6.42. The molecule has 0 amide bonds. The number of carbonyl (C=O) groups excluding carboxylic acids is 1. The van der Waals surface area contributed by atoms with Crippen LogP contribution in [0.3, 0.4) is 0 Å². The third-order valence-electron chi connectivity index (χ3n) is 1.66. The highest BCUT2D eigenvalue weighted by Gasteiger charge is 2.26. The van der Waals surface area contributed by atoms with E-state index in [4.69, 9.17) is 23.2 Å². The molecule has 76 valence electrons. The molecule has 0 aliphatic heterocycles. The summed E-state index contributed by atoms with van der Waals surface area (Å²) < 4.78 is -0.602. The van der Waals surface area contributed by atoms with Crippen molar-refractivity contribution in [2.75, 3.05) is 0 Å². The van der Waals surface area contributed by atoms with E-state index in [1.807, 2.05) is 12.1 Å². The van der Waals surface area contributed by atoms with Crippen molar-refractivity contribution in [3.63, 3.8) is 0 Å². The molecule has 1 rings (SSSR count). The molecule has 1 aromatic carbocycles. The van der Waals surface area contributed by atoms with Crippen LogP contribution in [-0.4, -0.2) is 9.99 Å². The summed E-state index contributed by atoms with van der Waals surface area (Å²) in [5.74, 6) is 0. The van der Waals surface area contributed by atoms with Gasteiger partial charge >= 0.3 is 0 Å². The summed E-state index contributed by atoms with van der Waals surface area (Å²) in [5, 5.41) is 0.335. The Morgan fingerprint density at radius 3 is 2.21 bits per heavy atom. The molecule has 0 N–H and O–H groups in total. The van der Waals surface area contributed by atoms with E-state index >= 15 is 0 Å². The van der Waals surface area contributed by atoms with E-state index in [0.29, 0.717) is 5.02 Å². The summed E-state index contributed by atoms with van der Waals surface area (Å²) in [4.78, 5) is 12.0. The van der Waals surface area contributed by atoms with Gasteiger partial charge < -0.3 is 0 Å². The Labute approximate surface area is 97.8 Å². The van der Waals surface area contributed by atoms with Crippen LogP contribution in [0.5, 0.6) is 0 Å². The Morgan fingerprint density at radius 2 is 1.79 bits per heavy atom. The number of thioether (sulfide) groups is 1. The van der Waals surface area contributed by atoms with E-state index in [2.05, 4.69) is 0 Å². The lowest BCUT2D eigenvalue weighted by molar-refractivity contribution is -0.113. The van der Waals surface area contributed by atoms with Crippen molar-refractivity contribution >= 4 is 40.2 Å². The molecule has 0 aliphatic carbocycles. The average Bonchev–Trinajstić information content (AvgIpc) is 2.08. The predicted octanol–water partition coefficient (Wildman–Crippen LogP) is 3.98. The van der Waals surface area contributed by atoms with E-state index in [0.717, 1.165) is 4.90 Å². The fraction of sp³-hybridized carbons (Fsp3) is 0.300. The highest BCUT2D eigenvalue weighted by molar-refractivity contribution is 8.01. The van der Waals surface area contributed by atoms with Crippen LogP contribution in [0.2, 0.25) is 5.02 Å². The van der Waals surface area contributed by atoms with Crippen molar-refractivity contribution in [3.05, 3.63) is 29.3 Å². The lowest BCUT2D eigenvalue weighted by Crippen LogP contribution is -2.22. The van der Waals surface area contributed by atoms with Gasteiger partial charge in [0.2, 0.25) is 5.24 Å². The van der Waals surface area contributed by atoms with Crippen molar-refractivity contribution in [2.24, 2.45) is 0 Å². The molecule has 14 heavy (non-hydrogen) atoms. The smallest absolute Gasteiger partial charge is 0.237 e. The van der Waals surface area contributed by atoms with Crippen LogP contribution in [0, 0.1) is 0 Å². The largest absolute Gasteiger partial charge is 0.280 e. The van der Waals surface area contributed by atoms with Gasteiger partial charge in [-0.3, -0.25) is 4.79 Å². The first kappa shape index (κ1) is 11.9. The zero-order valence-electron chi connectivity index (χ0n) is 7.88. The van der Waals surface area contributed by atoms with E-state index in [1.165, 1.54) is 11.8 Å². The predicted molar refractivity (Wildman–Crippen MR) is 62.2 cm³/mol. The molecule has 0 radical (unpaired) electrons. The number of hydrogen-bond donors (Lipinski definition) is 0. The standard InChI is InChI=1S/C10H10Cl2OS/c1-10(2,9(12)13)14-8-5-3-7(11)4-6-8/h3-6H,1-2H3. The Kier molecular flexibility index (Phi) is 3.87. The lowest BCUT2D eigenvalue weighted by Gasteiger charge is -2.18. The van der Waals surface area contributed by atoms with Crippen molar-refractivity contribution in [2.45, 2.75) is 23.5 Å². The van der Waals surface area contributed by atoms with Gasteiger partial charge in [-0.25, -0.2) is 0 Å². The maximum absolute atomic E-state index is 11.1. The van der Waals surface area contributed by atoms with Gasteiger partial charge in [0.25, 0.3) is 0 Å². The van der Waals surface area contributed by atoms with Crippen molar-refractivity contribution < 1.29 is 4.79 Å². The van der Waals surface area contributed by atoms with E-state index in [1.54, 1.807) is 26.0 Å². The quantitative estimate of drug-likeness (QED) is 0.595. The number of carbonyl (C=O) groups is 1. The third kappa shape index (κ3) is 3.19. The Morgan fingerprint density at radius 1 is 1.29 bits per heavy atom. The Balaban J connectivity index is 2.79. The minimum Gasteiger partial charge on any atom is -0.280 e. The van der Waals surface area contributed by atoms with Gasteiger partial charge in [0, 0.05) is 9.92 Å². The molecular weight excluding hydrogens is 239 g/mol. The van der Waals surface area contributed by atoms with Crippen LogP contribution in [0.15, 0.2) is 29.2 Å². The van der Waals surface area contributed by atoms with Crippen LogP contribution in [0.4, 0.5) is 0 Å². The summed E-state index contributed by atoms with van der Waals surface area (Å²) >= 11 is 12.6. The highest BCUT2D eigenvalue weighted by Crippen LogP contribution is 2.34. The first-order valence-electron chi connectivity index (χ1n) is 4.06. The highest BCUT2D eigenvalue weighted by atomic mass is 35.5. The van der Waals surface area contributed by atoms with Crippen LogP contribution in [-0.2, 0) is 4.79 Å². The second-order valence-corrected chi connectivity index (χ2v) is 5.82. The van der Waals surface area contributed by atoms with Gasteiger partial charge in [-0.05, 0) is 49.7 Å². The zero-order chi connectivity index (χ0) is 10.8. The summed E-state index contributed by atoms with van der Waals surface area (Å²) in [6.45, 7) is 3.59. The molecule has 0 atom stereocenters. The van der Waals surface area contributed by atoms with Crippen LogP contribution >= 0.6 is 35.0 Å². The zero-order valence-corrected chi connectivity index (χ0v) is 10.2. The second-order valence-electron chi connectivity index (χ2n) is 3.34. The average molecular weight is 249 g/mol. The van der Waals surface area contributed by atoms with Gasteiger partial charge in [-0.1, -0.05) is 11.6 Å². The fourth-order valence-corrected chi connectivity index (χ4v) is 2.02. The fourth-order valence-electron chi connectivity index (χ4n) is 0.837. The molecule has 0 aromatic heterocycles. The molecule has 0 bridgehead atoms. The van der Waals surface area contributed by atoms with Gasteiger partial charge in [0.15, 0.2) is 0 Å². The van der Waals surface area contributed by atoms with Gasteiger partial charge in [-0.2, -0.15) is 0 Å². The summed E-state index contributed by atoms with van der Waals surface area (Å²) in [6.07, 6.45) is 0. The van der Waals surface area contributed by atoms with Gasteiger partial charge in [0.1, 0.15) is 0 Å². The molecule has 1 nitrogen and oxygen atoms in total. The maximum Gasteiger partial charge on any atom is 0.237 e. The molecule has 0 saturated carbocycles. The van der Waals surface area contributed by atoms with Crippen LogP contribution in [0.25, 0.3) is 0 Å². The van der Waals surface area contributed by atoms with E-state index in [-0.39, 0.29) is 5.24 Å². The topological polar surface area (TPSA) is 17.1 Å². The SMILES string of the molecule is CC(C)(Sc1ccc(Cl)cc1)C(=O)Cl. The lowest BCUT2D eigenvalue weighted by atomic mass is 10.2. The summed E-state index contributed by atoms with van der Waals surface area (Å²) in [6, 6.07) is 7.32. The van der Waals surface area contributed by atoms with Gasteiger partial charge in [0.05, 0.1) is 4.75 Å². The number of rotatable bonds is 3. The Hall–Kier alpha value is -0.180. The monoisotopic (exact) mass is 248 g/mol. The van der Waals surface area contributed by atoms with Crippen molar-refractivity contribution in [3.8, 4) is 0 Å². The van der Waals surface area contributed by atoms with E-state index < -0.39 is 4.75 Å². The third-order valence-corrected chi connectivity index (χ3v) is 3.70. The molecule has 0 fully saturated rings. The minimum absolute atomic E-state index is 0.350. The Bertz CT molecular complexity index is 332. The molecule has 0 aliphatic rings. The number of halogens is 2. The van der Waals surface area contributed by atoms with Gasteiger partial charge in [-0.15, -0.1) is 11.8 Å². The number of benzene rings is 1. The van der Waals surface area contributed by atoms with Crippen molar-refractivity contribution in [1.29, 1.82) is 0 Å². The summed E-state index contributed by atoms with van der Waals surface area (Å²) in [7, 11) is 0. The van der Waals surface area contributed by atoms with Crippen molar-refractivity contribution in [1.82, 2.24) is 0 Å².